The highest BCUT2D eigenvalue weighted by atomic mass is 32.1. The molecule has 1 unspecified atom stereocenters. The summed E-state index contributed by atoms with van der Waals surface area (Å²) >= 11 is 6.51. The summed E-state index contributed by atoms with van der Waals surface area (Å²) in [7, 11) is 1.85. The molecule has 2 heterocycles. The van der Waals surface area contributed by atoms with Crippen molar-refractivity contribution in [3.63, 3.8) is 0 Å². The SMILES string of the molecule is Cc1[nH]c(=S)sc1CC(=O)NC(c1ccc(F)cc1)c1nccn1C. The molecule has 0 aliphatic heterocycles. The Balaban J connectivity index is 1.86. The summed E-state index contributed by atoms with van der Waals surface area (Å²) in [6, 6.07) is 5.60. The highest BCUT2D eigenvalue weighted by molar-refractivity contribution is 7.73. The number of aryl methyl sites for hydroxylation is 2. The van der Waals surface area contributed by atoms with Crippen LogP contribution in [0.3, 0.4) is 0 Å². The standard InChI is InChI=1S/C17H17FN4OS2/c1-10-13(25-17(24)20-10)9-14(23)21-15(16-19-7-8-22(16)2)11-3-5-12(18)6-4-11/h3-8,15H,9H2,1-2H3,(H,20,24)(H,21,23). The van der Waals surface area contributed by atoms with Gasteiger partial charge in [0.2, 0.25) is 5.91 Å². The number of rotatable bonds is 5. The lowest BCUT2D eigenvalue weighted by Gasteiger charge is -2.19. The number of halogens is 1. The van der Waals surface area contributed by atoms with E-state index in [1.54, 1.807) is 24.5 Å². The molecule has 0 radical (unpaired) electrons. The lowest BCUT2D eigenvalue weighted by Crippen LogP contribution is -2.32. The first-order valence-electron chi connectivity index (χ1n) is 7.64. The van der Waals surface area contributed by atoms with Gasteiger partial charge in [-0.15, -0.1) is 11.3 Å². The molecule has 0 spiro atoms. The first kappa shape index (κ1) is 17.5. The van der Waals surface area contributed by atoms with Crippen LogP contribution in [0.4, 0.5) is 4.39 Å². The average Bonchev–Trinajstić information content (AvgIpc) is 3.11. The second kappa shape index (κ2) is 7.28. The number of aromatic amines is 1. The Kier molecular flexibility index (Phi) is 5.10. The fourth-order valence-electron chi connectivity index (χ4n) is 2.57. The summed E-state index contributed by atoms with van der Waals surface area (Å²) in [4.78, 5) is 20.8. The van der Waals surface area contributed by atoms with Crippen molar-refractivity contribution in [1.29, 1.82) is 0 Å². The zero-order valence-electron chi connectivity index (χ0n) is 13.7. The number of H-pyrrole nitrogens is 1. The number of nitrogens with zero attached hydrogens (tertiary/aromatic N) is 2. The summed E-state index contributed by atoms with van der Waals surface area (Å²) in [5.41, 5.74) is 1.67. The van der Waals surface area contributed by atoms with Crippen LogP contribution in [0.1, 0.15) is 28.0 Å². The quantitative estimate of drug-likeness (QED) is 0.671. The number of nitrogens with one attached hydrogen (secondary N) is 2. The number of imidazole rings is 1. The molecule has 8 heteroatoms. The minimum atomic E-state index is -0.458. The van der Waals surface area contributed by atoms with Crippen molar-refractivity contribution >= 4 is 29.5 Å². The molecule has 2 aromatic heterocycles. The molecular formula is C17H17FN4OS2. The molecule has 0 fully saturated rings. The number of carbonyl (C=O) groups excluding carboxylic acids is 1. The van der Waals surface area contributed by atoms with Crippen LogP contribution in [0.15, 0.2) is 36.7 Å². The summed E-state index contributed by atoms with van der Waals surface area (Å²) < 4.78 is 15.7. The van der Waals surface area contributed by atoms with E-state index in [0.29, 0.717) is 9.78 Å². The van der Waals surface area contributed by atoms with Crippen molar-refractivity contribution in [2.75, 3.05) is 0 Å². The van der Waals surface area contributed by atoms with E-state index in [2.05, 4.69) is 15.3 Å². The fourth-order valence-corrected chi connectivity index (χ4v) is 3.86. The number of amides is 1. The van der Waals surface area contributed by atoms with Crippen LogP contribution >= 0.6 is 23.6 Å². The monoisotopic (exact) mass is 376 g/mol. The molecule has 1 atom stereocenters. The third kappa shape index (κ3) is 4.02. The minimum Gasteiger partial charge on any atom is -0.342 e. The van der Waals surface area contributed by atoms with Crippen LogP contribution in [0, 0.1) is 16.7 Å². The number of benzene rings is 1. The van der Waals surface area contributed by atoms with Gasteiger partial charge in [-0.2, -0.15) is 0 Å². The van der Waals surface area contributed by atoms with Gasteiger partial charge in [0.05, 0.1) is 6.42 Å². The third-order valence-electron chi connectivity index (χ3n) is 3.87. The molecule has 5 nitrogen and oxygen atoms in total. The van der Waals surface area contributed by atoms with Gasteiger partial charge in [-0.05, 0) is 36.8 Å². The molecule has 3 aromatic rings. The molecule has 130 valence electrons. The lowest BCUT2D eigenvalue weighted by molar-refractivity contribution is -0.121. The van der Waals surface area contributed by atoms with E-state index in [9.17, 15) is 9.18 Å². The van der Waals surface area contributed by atoms with E-state index in [1.807, 2.05) is 18.5 Å². The molecule has 0 bridgehead atoms. The van der Waals surface area contributed by atoms with Crippen molar-refractivity contribution in [3.05, 3.63) is 68.4 Å². The maximum atomic E-state index is 13.2. The molecule has 0 aliphatic carbocycles. The Hall–Kier alpha value is -2.32. The molecule has 2 N–H and O–H groups in total. The van der Waals surface area contributed by atoms with Gasteiger partial charge in [-0.25, -0.2) is 9.37 Å². The van der Waals surface area contributed by atoms with Crippen LogP contribution in [-0.4, -0.2) is 20.4 Å². The molecule has 0 saturated carbocycles. The van der Waals surface area contributed by atoms with Gasteiger partial charge in [0.1, 0.15) is 17.7 Å². The third-order valence-corrected chi connectivity index (χ3v) is 5.21. The number of thiazole rings is 1. The van der Waals surface area contributed by atoms with Crippen molar-refractivity contribution in [2.45, 2.75) is 19.4 Å². The summed E-state index contributed by atoms with van der Waals surface area (Å²) in [5, 5.41) is 3.00. The minimum absolute atomic E-state index is 0.148. The Bertz CT molecular complexity index is 942. The molecule has 1 amide bonds. The summed E-state index contributed by atoms with van der Waals surface area (Å²) in [6.07, 6.45) is 3.70. The van der Waals surface area contributed by atoms with Crippen LogP contribution in [0.5, 0.6) is 0 Å². The first-order valence-corrected chi connectivity index (χ1v) is 8.87. The van der Waals surface area contributed by atoms with Crippen molar-refractivity contribution in [1.82, 2.24) is 19.9 Å². The topological polar surface area (TPSA) is 62.7 Å². The van der Waals surface area contributed by atoms with Gasteiger partial charge in [0.15, 0.2) is 3.95 Å². The van der Waals surface area contributed by atoms with Crippen molar-refractivity contribution in [3.8, 4) is 0 Å². The van der Waals surface area contributed by atoms with E-state index in [4.69, 9.17) is 12.2 Å². The van der Waals surface area contributed by atoms with Gasteiger partial charge < -0.3 is 14.9 Å². The molecule has 0 aliphatic rings. The first-order chi connectivity index (χ1) is 11.9. The molecule has 0 saturated heterocycles. The molecule has 1 aromatic carbocycles. The zero-order chi connectivity index (χ0) is 18.0. The van der Waals surface area contributed by atoms with E-state index >= 15 is 0 Å². The normalized spacial score (nSPS) is 12.1. The highest BCUT2D eigenvalue weighted by Crippen LogP contribution is 2.22. The predicted molar refractivity (Wildman–Crippen MR) is 97.5 cm³/mol. The zero-order valence-corrected chi connectivity index (χ0v) is 15.4. The Morgan fingerprint density at radius 1 is 1.44 bits per heavy atom. The molecule has 3 rings (SSSR count). The van der Waals surface area contributed by atoms with Gasteiger partial charge >= 0.3 is 0 Å². The van der Waals surface area contributed by atoms with Crippen LogP contribution in [-0.2, 0) is 18.3 Å². The largest absolute Gasteiger partial charge is 0.342 e. The predicted octanol–water partition coefficient (Wildman–Crippen LogP) is 3.44. The van der Waals surface area contributed by atoms with Gasteiger partial charge in [-0.3, -0.25) is 4.79 Å². The average molecular weight is 376 g/mol. The van der Waals surface area contributed by atoms with E-state index < -0.39 is 6.04 Å². The van der Waals surface area contributed by atoms with E-state index in [1.165, 1.54) is 23.5 Å². The number of carbonyl (C=O) groups is 1. The Labute approximate surface area is 153 Å². The lowest BCUT2D eigenvalue weighted by atomic mass is 10.1. The maximum Gasteiger partial charge on any atom is 0.226 e. The molecule has 25 heavy (non-hydrogen) atoms. The number of hydrogen-bond acceptors (Lipinski definition) is 4. The number of hydrogen-bond donors (Lipinski definition) is 2. The van der Waals surface area contributed by atoms with E-state index in [0.717, 1.165) is 16.1 Å². The second-order valence-electron chi connectivity index (χ2n) is 5.69. The Morgan fingerprint density at radius 3 is 2.72 bits per heavy atom. The highest BCUT2D eigenvalue weighted by Gasteiger charge is 2.21. The maximum absolute atomic E-state index is 13.2. The number of aromatic nitrogens is 3. The fraction of sp³-hybridized carbons (Fsp3) is 0.235. The smallest absolute Gasteiger partial charge is 0.226 e. The van der Waals surface area contributed by atoms with Gasteiger partial charge in [0.25, 0.3) is 0 Å². The summed E-state index contributed by atoms with van der Waals surface area (Å²) in [6.45, 7) is 1.89. The van der Waals surface area contributed by atoms with Crippen molar-refractivity contribution in [2.24, 2.45) is 7.05 Å². The van der Waals surface area contributed by atoms with Gasteiger partial charge in [-0.1, -0.05) is 12.1 Å². The summed E-state index contributed by atoms with van der Waals surface area (Å²) in [5.74, 6) is 0.209. The second-order valence-corrected chi connectivity index (χ2v) is 7.46. The Morgan fingerprint density at radius 2 is 2.16 bits per heavy atom. The van der Waals surface area contributed by atoms with Crippen LogP contribution < -0.4 is 5.32 Å². The van der Waals surface area contributed by atoms with Crippen LogP contribution in [0.2, 0.25) is 0 Å². The van der Waals surface area contributed by atoms with Crippen LogP contribution in [0.25, 0.3) is 0 Å². The molecular weight excluding hydrogens is 359 g/mol. The van der Waals surface area contributed by atoms with E-state index in [-0.39, 0.29) is 18.1 Å². The van der Waals surface area contributed by atoms with Gasteiger partial charge in [0, 0.05) is 30.0 Å². The van der Waals surface area contributed by atoms with Crippen molar-refractivity contribution < 1.29 is 9.18 Å².